The summed E-state index contributed by atoms with van der Waals surface area (Å²) < 4.78 is 0. The summed E-state index contributed by atoms with van der Waals surface area (Å²) in [4.78, 5) is 2.40. The van der Waals surface area contributed by atoms with Gasteiger partial charge in [-0.25, -0.2) is 0 Å². The van der Waals surface area contributed by atoms with Gasteiger partial charge in [0.2, 0.25) is 0 Å². The highest BCUT2D eigenvalue weighted by Crippen LogP contribution is 2.14. The van der Waals surface area contributed by atoms with Crippen LogP contribution in [-0.2, 0) is 6.54 Å². The normalized spacial score (nSPS) is 11.5. The number of nitrogens with zero attached hydrogens (tertiary/aromatic N) is 1. The highest BCUT2D eigenvalue weighted by molar-refractivity contribution is 5.61. The molecule has 0 aliphatic rings. The molecule has 0 aliphatic heterocycles. The van der Waals surface area contributed by atoms with E-state index in [0.29, 0.717) is 0 Å². The summed E-state index contributed by atoms with van der Waals surface area (Å²) in [5.41, 5.74) is 3.73. The Hall–Kier alpha value is -1.78. The molecule has 0 radical (unpaired) electrons. The molecule has 1 heteroatoms. The van der Waals surface area contributed by atoms with E-state index >= 15 is 0 Å². The second-order valence-electron chi connectivity index (χ2n) is 6.73. The van der Waals surface area contributed by atoms with Crippen molar-refractivity contribution in [2.45, 2.75) is 41.2 Å². The van der Waals surface area contributed by atoms with Crippen LogP contribution in [0.4, 0.5) is 0 Å². The maximum Gasteiger partial charge on any atom is 0.0237 e. The van der Waals surface area contributed by atoms with Crippen LogP contribution in [-0.4, -0.2) is 18.0 Å². The van der Waals surface area contributed by atoms with Gasteiger partial charge < -0.3 is 0 Å². The Kier molecular flexibility index (Phi) is 7.15. The molecule has 1 aromatic carbocycles. The molecule has 118 valence electrons. The van der Waals surface area contributed by atoms with Crippen LogP contribution in [0.2, 0.25) is 0 Å². The third-order valence-corrected chi connectivity index (χ3v) is 3.29. The van der Waals surface area contributed by atoms with Gasteiger partial charge >= 0.3 is 0 Å². The quantitative estimate of drug-likeness (QED) is 0.656. The number of rotatable bonds is 6. The van der Waals surface area contributed by atoms with Crippen molar-refractivity contribution in [2.75, 3.05) is 13.1 Å². The van der Waals surface area contributed by atoms with Crippen LogP contribution < -0.4 is 0 Å². The van der Waals surface area contributed by atoms with E-state index in [0.717, 1.165) is 25.2 Å². The molecule has 0 saturated heterocycles. The average molecular weight is 295 g/mol. The molecule has 22 heavy (non-hydrogen) atoms. The van der Waals surface area contributed by atoms with E-state index in [-0.39, 0.29) is 5.41 Å². The molecule has 0 amide bonds. The van der Waals surface area contributed by atoms with Gasteiger partial charge in [-0.2, -0.15) is 0 Å². The second kappa shape index (κ2) is 8.61. The highest BCUT2D eigenvalue weighted by Gasteiger charge is 2.04. The Morgan fingerprint density at radius 3 is 2.64 bits per heavy atom. The fourth-order valence-corrected chi connectivity index (χ4v) is 2.02. The number of likely N-dealkylation sites (N-methyl/N-ethyl adjacent to an activating group) is 1. The highest BCUT2D eigenvalue weighted by atomic mass is 15.1. The predicted molar refractivity (Wildman–Crippen MR) is 98.5 cm³/mol. The third-order valence-electron chi connectivity index (χ3n) is 3.29. The van der Waals surface area contributed by atoms with Gasteiger partial charge in [0.15, 0.2) is 0 Å². The molecular weight excluding hydrogens is 266 g/mol. The molecule has 1 rings (SSSR count). The van der Waals surface area contributed by atoms with Crippen molar-refractivity contribution in [2.24, 2.45) is 5.41 Å². The molecule has 0 aliphatic carbocycles. The first-order valence-electron chi connectivity index (χ1n) is 7.96. The Labute approximate surface area is 136 Å². The summed E-state index contributed by atoms with van der Waals surface area (Å²) in [5, 5.41) is 0. The SMILES string of the molecule is C=C(C)c1cccc(CN(CC)CC=CC#CC(C)(C)C)c1. The number of allylic oxidation sites excluding steroid dienone is 2. The lowest BCUT2D eigenvalue weighted by molar-refractivity contribution is 0.311. The largest absolute Gasteiger partial charge is 0.296 e. The van der Waals surface area contributed by atoms with Crippen LogP contribution in [0, 0.1) is 17.3 Å². The van der Waals surface area contributed by atoms with E-state index in [1.54, 1.807) is 0 Å². The van der Waals surface area contributed by atoms with E-state index in [4.69, 9.17) is 0 Å². The smallest absolute Gasteiger partial charge is 0.0237 e. The standard InChI is InChI=1S/C21H29N/c1-7-22(15-10-8-9-14-21(4,5)6)17-19-12-11-13-20(16-19)18(2)3/h8,10-13,16H,2,7,15,17H2,1,3-6H3. The number of hydrogen-bond acceptors (Lipinski definition) is 1. The Morgan fingerprint density at radius 1 is 1.32 bits per heavy atom. The summed E-state index contributed by atoms with van der Waals surface area (Å²) in [6.45, 7) is 17.5. The first kappa shape index (κ1) is 18.3. The van der Waals surface area contributed by atoms with Gasteiger partial charge in [0.05, 0.1) is 0 Å². The predicted octanol–water partition coefficient (Wildman–Crippen LogP) is 5.15. The lowest BCUT2D eigenvalue weighted by atomic mass is 9.98. The third kappa shape index (κ3) is 7.29. The van der Waals surface area contributed by atoms with Gasteiger partial charge in [-0.15, -0.1) is 0 Å². The van der Waals surface area contributed by atoms with Gasteiger partial charge in [-0.05, 0) is 51.4 Å². The van der Waals surface area contributed by atoms with Crippen molar-refractivity contribution in [1.82, 2.24) is 4.90 Å². The first-order chi connectivity index (χ1) is 10.3. The van der Waals surface area contributed by atoms with Crippen LogP contribution in [0.3, 0.4) is 0 Å². The van der Waals surface area contributed by atoms with E-state index in [1.807, 2.05) is 13.0 Å². The summed E-state index contributed by atoms with van der Waals surface area (Å²) in [6.07, 6.45) is 4.11. The topological polar surface area (TPSA) is 3.24 Å². The minimum Gasteiger partial charge on any atom is -0.296 e. The molecular formula is C21H29N. The molecule has 1 nitrogen and oxygen atoms in total. The van der Waals surface area contributed by atoms with E-state index in [1.165, 1.54) is 11.1 Å². The van der Waals surface area contributed by atoms with Crippen molar-refractivity contribution in [3.05, 3.63) is 54.1 Å². The fraction of sp³-hybridized carbons (Fsp3) is 0.429. The van der Waals surface area contributed by atoms with Crippen molar-refractivity contribution >= 4 is 5.57 Å². The zero-order valence-corrected chi connectivity index (χ0v) is 14.7. The van der Waals surface area contributed by atoms with Crippen molar-refractivity contribution in [1.29, 1.82) is 0 Å². The van der Waals surface area contributed by atoms with Crippen LogP contribution >= 0.6 is 0 Å². The van der Waals surface area contributed by atoms with Gasteiger partial charge in [0.25, 0.3) is 0 Å². The second-order valence-corrected chi connectivity index (χ2v) is 6.73. The minimum absolute atomic E-state index is 0.0672. The molecule has 0 heterocycles. The number of benzene rings is 1. The van der Waals surface area contributed by atoms with Crippen molar-refractivity contribution < 1.29 is 0 Å². The molecule has 0 spiro atoms. The van der Waals surface area contributed by atoms with Gasteiger partial charge in [-0.1, -0.05) is 61.3 Å². The summed E-state index contributed by atoms with van der Waals surface area (Å²) >= 11 is 0. The molecule has 0 N–H and O–H groups in total. The first-order valence-corrected chi connectivity index (χ1v) is 7.96. The number of hydrogen-bond donors (Lipinski definition) is 0. The van der Waals surface area contributed by atoms with E-state index in [2.05, 4.69) is 81.4 Å². The lowest BCUT2D eigenvalue weighted by Crippen LogP contribution is -2.22. The zero-order chi connectivity index (χ0) is 16.6. The summed E-state index contributed by atoms with van der Waals surface area (Å²) in [6, 6.07) is 8.63. The Bertz CT molecular complexity index is 576. The van der Waals surface area contributed by atoms with Crippen molar-refractivity contribution in [3.63, 3.8) is 0 Å². The maximum atomic E-state index is 4.02. The van der Waals surface area contributed by atoms with Crippen molar-refractivity contribution in [3.8, 4) is 11.8 Å². The van der Waals surface area contributed by atoms with Gasteiger partial charge in [0.1, 0.15) is 0 Å². The van der Waals surface area contributed by atoms with Crippen LogP contribution in [0.1, 0.15) is 45.7 Å². The molecule has 0 bridgehead atoms. The molecule has 0 aromatic heterocycles. The fourth-order valence-electron chi connectivity index (χ4n) is 2.02. The zero-order valence-electron chi connectivity index (χ0n) is 14.7. The molecule has 0 unspecified atom stereocenters. The summed E-state index contributed by atoms with van der Waals surface area (Å²) in [5.74, 6) is 6.34. The Balaban J connectivity index is 2.62. The minimum atomic E-state index is 0.0672. The molecule has 0 atom stereocenters. The van der Waals surface area contributed by atoms with Crippen LogP contribution in [0.25, 0.3) is 5.57 Å². The van der Waals surface area contributed by atoms with Crippen LogP contribution in [0.15, 0.2) is 43.0 Å². The van der Waals surface area contributed by atoms with Gasteiger partial charge in [0, 0.05) is 18.5 Å². The molecule has 1 aromatic rings. The van der Waals surface area contributed by atoms with E-state index < -0.39 is 0 Å². The Morgan fingerprint density at radius 2 is 2.05 bits per heavy atom. The van der Waals surface area contributed by atoms with Crippen LogP contribution in [0.5, 0.6) is 0 Å². The monoisotopic (exact) mass is 295 g/mol. The summed E-state index contributed by atoms with van der Waals surface area (Å²) in [7, 11) is 0. The molecule has 0 fully saturated rings. The lowest BCUT2D eigenvalue weighted by Gasteiger charge is -2.18. The maximum absolute atomic E-state index is 4.02. The average Bonchev–Trinajstić information content (AvgIpc) is 2.44. The van der Waals surface area contributed by atoms with E-state index in [9.17, 15) is 0 Å². The molecule has 0 saturated carbocycles. The van der Waals surface area contributed by atoms with Gasteiger partial charge in [-0.3, -0.25) is 4.90 Å².